The van der Waals surface area contributed by atoms with E-state index in [9.17, 15) is 39.0 Å². The van der Waals surface area contributed by atoms with Gasteiger partial charge in [0.1, 0.15) is 11.6 Å². The quantitative estimate of drug-likeness (QED) is 0.357. The molecular weight excluding hydrogens is 528 g/mol. The van der Waals surface area contributed by atoms with Crippen molar-refractivity contribution in [3.8, 4) is 0 Å². The molecule has 0 bridgehead atoms. The van der Waals surface area contributed by atoms with Gasteiger partial charge in [0, 0.05) is 49.2 Å². The van der Waals surface area contributed by atoms with E-state index in [1.165, 1.54) is 13.8 Å². The van der Waals surface area contributed by atoms with Crippen LogP contribution in [0.2, 0.25) is 0 Å². The first kappa shape index (κ1) is 31.0. The number of aliphatic carboxylic acids is 1. The van der Waals surface area contributed by atoms with E-state index in [-0.39, 0.29) is 60.1 Å². The van der Waals surface area contributed by atoms with Crippen LogP contribution < -0.4 is 0 Å². The fourth-order valence-corrected chi connectivity index (χ4v) is 8.63. The highest BCUT2D eigenvalue weighted by atomic mass is 16.5. The molecule has 0 aromatic rings. The van der Waals surface area contributed by atoms with Gasteiger partial charge < -0.3 is 14.9 Å². The lowest BCUT2D eigenvalue weighted by Gasteiger charge is -2.60. The van der Waals surface area contributed by atoms with Gasteiger partial charge in [-0.05, 0) is 38.0 Å². The largest absolute Gasteiger partial charge is 0.481 e. The Balaban J connectivity index is 1.95. The number of carboxylic acid groups (broad SMARTS) is 1. The van der Waals surface area contributed by atoms with Crippen LogP contribution in [-0.2, 0) is 33.5 Å². The highest BCUT2D eigenvalue weighted by Crippen LogP contribution is 2.69. The van der Waals surface area contributed by atoms with Crippen molar-refractivity contribution in [2.45, 2.75) is 106 Å². The molecule has 0 saturated heterocycles. The molecule has 4 aliphatic rings. The number of Topliss-reactive ketones (excluding diaryl/α,β-unsaturated/α-hetero) is 4. The second kappa shape index (κ2) is 9.82. The highest BCUT2D eigenvalue weighted by Gasteiger charge is 2.73. The summed E-state index contributed by atoms with van der Waals surface area (Å²) in [5.74, 6) is -4.47. The lowest BCUT2D eigenvalue weighted by Crippen LogP contribution is -2.64. The van der Waals surface area contributed by atoms with Gasteiger partial charge in [0.15, 0.2) is 11.9 Å². The predicted octanol–water partition coefficient (Wildman–Crippen LogP) is 3.95. The number of allylic oxidation sites excluding steroid dienone is 2. The number of aliphatic hydroxyl groups excluding tert-OH is 1. The highest BCUT2D eigenvalue weighted by molar-refractivity contribution is 6.19. The van der Waals surface area contributed by atoms with Crippen LogP contribution in [0.25, 0.3) is 0 Å². The minimum absolute atomic E-state index is 0.0768. The van der Waals surface area contributed by atoms with Crippen molar-refractivity contribution in [2.75, 3.05) is 0 Å². The van der Waals surface area contributed by atoms with Crippen LogP contribution in [-0.4, -0.2) is 57.5 Å². The Labute approximate surface area is 240 Å². The van der Waals surface area contributed by atoms with Gasteiger partial charge >= 0.3 is 11.9 Å². The fourth-order valence-electron chi connectivity index (χ4n) is 8.63. The molecule has 9 nitrogen and oxygen atoms in total. The molecule has 0 spiro atoms. The van der Waals surface area contributed by atoms with Crippen molar-refractivity contribution in [1.29, 1.82) is 0 Å². The van der Waals surface area contributed by atoms with Gasteiger partial charge in [0.25, 0.3) is 0 Å². The molecular formula is C32H42O9. The van der Waals surface area contributed by atoms with Crippen LogP contribution >= 0.6 is 0 Å². The third kappa shape index (κ3) is 4.21. The zero-order chi connectivity index (χ0) is 31.0. The van der Waals surface area contributed by atoms with Gasteiger partial charge in [-0.2, -0.15) is 0 Å². The van der Waals surface area contributed by atoms with Crippen molar-refractivity contribution >= 4 is 35.1 Å². The lowest BCUT2D eigenvalue weighted by atomic mass is 9.42. The number of aliphatic hydroxyl groups is 1. The smallest absolute Gasteiger partial charge is 0.306 e. The average molecular weight is 571 g/mol. The van der Waals surface area contributed by atoms with E-state index in [1.54, 1.807) is 20.8 Å². The van der Waals surface area contributed by atoms with E-state index in [0.29, 0.717) is 24.0 Å². The Morgan fingerprint density at radius 2 is 1.63 bits per heavy atom. The molecule has 7 atom stereocenters. The number of carbonyl (C=O) groups is 6. The molecule has 2 N–H and O–H groups in total. The number of carboxylic acids is 1. The van der Waals surface area contributed by atoms with E-state index >= 15 is 0 Å². The molecule has 4 rings (SSSR count). The number of carbonyl (C=O) groups excluding carboxylic acids is 5. The fraction of sp³-hybridized carbons (Fsp3) is 0.688. The van der Waals surface area contributed by atoms with Crippen molar-refractivity contribution < 1.29 is 43.7 Å². The Kier molecular flexibility index (Phi) is 7.42. The first-order chi connectivity index (χ1) is 18.8. The third-order valence-electron chi connectivity index (χ3n) is 11.2. The van der Waals surface area contributed by atoms with Crippen molar-refractivity contribution in [2.24, 2.45) is 33.5 Å². The molecule has 0 aromatic carbocycles. The molecule has 0 heterocycles. The summed E-state index contributed by atoms with van der Waals surface area (Å²) < 4.78 is 5.77. The number of ether oxygens (including phenoxy) is 1. The van der Waals surface area contributed by atoms with E-state index in [1.807, 2.05) is 20.8 Å². The van der Waals surface area contributed by atoms with Crippen LogP contribution in [0.15, 0.2) is 22.3 Å². The van der Waals surface area contributed by atoms with Crippen LogP contribution in [0.3, 0.4) is 0 Å². The maximum Gasteiger partial charge on any atom is 0.306 e. The minimum Gasteiger partial charge on any atom is -0.481 e. The second-order valence-corrected chi connectivity index (χ2v) is 13.9. The molecule has 0 aliphatic heterocycles. The van der Waals surface area contributed by atoms with Crippen molar-refractivity contribution in [3.05, 3.63) is 22.3 Å². The Morgan fingerprint density at radius 3 is 2.20 bits per heavy atom. The molecule has 1 unspecified atom stereocenters. The maximum atomic E-state index is 14.6. The summed E-state index contributed by atoms with van der Waals surface area (Å²) in [6.07, 6.45) is -1.57. The number of esters is 1. The molecule has 2 fully saturated rings. The first-order valence-corrected chi connectivity index (χ1v) is 14.4. The van der Waals surface area contributed by atoms with Crippen LogP contribution in [0.5, 0.6) is 0 Å². The summed E-state index contributed by atoms with van der Waals surface area (Å²) >= 11 is 0. The van der Waals surface area contributed by atoms with E-state index in [0.717, 1.165) is 0 Å². The molecule has 41 heavy (non-hydrogen) atoms. The molecule has 224 valence electrons. The number of rotatable bonds is 6. The summed E-state index contributed by atoms with van der Waals surface area (Å²) in [4.78, 5) is 79.3. The monoisotopic (exact) mass is 570 g/mol. The minimum atomic E-state index is -1.49. The average Bonchev–Trinajstić information content (AvgIpc) is 3.07. The summed E-state index contributed by atoms with van der Waals surface area (Å²) in [6, 6.07) is 0. The number of hydrogen-bond donors (Lipinski definition) is 2. The van der Waals surface area contributed by atoms with Crippen LogP contribution in [0.1, 0.15) is 93.9 Å². The molecule has 0 amide bonds. The number of fused-ring (bicyclic) bond motifs is 4. The van der Waals surface area contributed by atoms with Gasteiger partial charge in [-0.3, -0.25) is 28.8 Å². The van der Waals surface area contributed by atoms with Gasteiger partial charge in [0.2, 0.25) is 5.78 Å². The molecule has 9 heteroatoms. The van der Waals surface area contributed by atoms with Crippen LogP contribution in [0.4, 0.5) is 0 Å². The topological polar surface area (TPSA) is 152 Å². The third-order valence-corrected chi connectivity index (χ3v) is 11.2. The molecule has 2 saturated carbocycles. The van der Waals surface area contributed by atoms with E-state index in [2.05, 4.69) is 0 Å². The maximum absolute atomic E-state index is 14.6. The Hall–Kier alpha value is -2.94. The Morgan fingerprint density at radius 1 is 1.02 bits per heavy atom. The van der Waals surface area contributed by atoms with Gasteiger partial charge in [-0.25, -0.2) is 0 Å². The zero-order valence-corrected chi connectivity index (χ0v) is 25.3. The van der Waals surface area contributed by atoms with Crippen LogP contribution in [0, 0.1) is 33.5 Å². The summed E-state index contributed by atoms with van der Waals surface area (Å²) in [5.41, 5.74) is -3.00. The van der Waals surface area contributed by atoms with E-state index in [4.69, 9.17) is 4.74 Å². The van der Waals surface area contributed by atoms with Gasteiger partial charge in [0.05, 0.1) is 22.9 Å². The predicted molar refractivity (Wildman–Crippen MR) is 147 cm³/mol. The van der Waals surface area contributed by atoms with Crippen molar-refractivity contribution in [1.82, 2.24) is 0 Å². The van der Waals surface area contributed by atoms with Crippen molar-refractivity contribution in [3.63, 3.8) is 0 Å². The first-order valence-electron chi connectivity index (χ1n) is 14.4. The lowest BCUT2D eigenvalue weighted by molar-refractivity contribution is -0.168. The SMILES string of the molecule is CC(=O)O[C@@H]1C(=O)C2=C(C(=O)C[C@H]3C(C)(C)[C@@H](O)CC[C@]23C)[C@]2(C)C(=O)C/C(=C(/C)CC(=O)CC(C)C(=O)O)[C@@]12C. The summed E-state index contributed by atoms with van der Waals surface area (Å²) in [7, 11) is 0. The summed E-state index contributed by atoms with van der Waals surface area (Å²) in [6.45, 7) is 13.4. The number of hydrogen-bond acceptors (Lipinski definition) is 8. The van der Waals surface area contributed by atoms with E-state index < -0.39 is 57.5 Å². The second-order valence-electron chi connectivity index (χ2n) is 13.9. The summed E-state index contributed by atoms with van der Waals surface area (Å²) in [5, 5.41) is 20.1. The molecule has 4 aliphatic carbocycles. The standard InChI is InChI=1S/C32H42O9/c1-15(11-18(34)12-16(2)28(39)40)19-13-23(37)32(8)24-20(35)14-21-29(4,5)22(36)9-10-30(21,6)25(24)26(38)27(31(19,32)7)41-17(3)33/h16,21-22,27,36H,9-14H2,1-8H3,(H,39,40)/b19-15+/t16?,21-,22-,27+,30-,31-,32-/m0/s1. The Bertz CT molecular complexity index is 1330. The normalized spacial score (nSPS) is 38.1. The zero-order valence-electron chi connectivity index (χ0n) is 25.3. The molecule has 0 aromatic heterocycles. The van der Waals surface area contributed by atoms with Gasteiger partial charge in [-0.15, -0.1) is 0 Å². The van der Waals surface area contributed by atoms with Gasteiger partial charge in [-0.1, -0.05) is 45.8 Å². The molecule has 0 radical (unpaired) electrons. The number of ketones is 4.